The highest BCUT2D eigenvalue weighted by Gasteiger charge is 2.66. The second-order valence-electron chi connectivity index (χ2n) is 12.3. The number of carbonyl (C=O) groups excluding carboxylic acids is 1. The minimum absolute atomic E-state index is 0.0587. The number of fused-ring (bicyclic) bond motifs is 5. The largest absolute Gasteiger partial charge is 0.497 e. The second kappa shape index (κ2) is 7.72. The van der Waals surface area contributed by atoms with Crippen molar-refractivity contribution >= 4 is 5.78 Å². The summed E-state index contributed by atoms with van der Waals surface area (Å²) in [7, 11) is 1.72. The van der Waals surface area contributed by atoms with E-state index in [-0.39, 0.29) is 10.8 Å². The number of allylic oxidation sites excluding steroid dienone is 1. The zero-order valence-electron chi connectivity index (χ0n) is 20.9. The van der Waals surface area contributed by atoms with Crippen molar-refractivity contribution in [3.05, 3.63) is 41.5 Å². The summed E-state index contributed by atoms with van der Waals surface area (Å²) in [5.41, 5.74) is 1.69. The molecule has 0 amide bonds. The molecule has 180 valence electrons. The van der Waals surface area contributed by atoms with E-state index < -0.39 is 5.60 Å². The van der Waals surface area contributed by atoms with Crippen LogP contribution in [0.4, 0.5) is 0 Å². The van der Waals surface area contributed by atoms with Gasteiger partial charge < -0.3 is 9.84 Å². The Balaban J connectivity index is 1.46. The maximum atomic E-state index is 12.4. The molecule has 5 aliphatic rings. The molecular formula is C31H38O3. The number of ketones is 1. The van der Waals surface area contributed by atoms with Crippen LogP contribution in [-0.2, 0) is 4.79 Å². The Hall–Kier alpha value is -2.05. The first kappa shape index (κ1) is 22.4. The molecule has 5 aliphatic carbocycles. The van der Waals surface area contributed by atoms with Crippen LogP contribution in [0.25, 0.3) is 0 Å². The van der Waals surface area contributed by atoms with Crippen molar-refractivity contribution in [2.24, 2.45) is 34.5 Å². The molecule has 0 spiro atoms. The fourth-order valence-corrected chi connectivity index (χ4v) is 8.58. The van der Waals surface area contributed by atoms with Crippen molar-refractivity contribution in [3.8, 4) is 17.6 Å². The van der Waals surface area contributed by atoms with E-state index in [0.29, 0.717) is 41.8 Å². The molecule has 1 aromatic rings. The molecule has 0 aromatic heterocycles. The third-order valence-electron chi connectivity index (χ3n) is 10.7. The molecule has 34 heavy (non-hydrogen) atoms. The Labute approximate surface area is 204 Å². The van der Waals surface area contributed by atoms with Crippen LogP contribution in [0.1, 0.15) is 83.1 Å². The van der Waals surface area contributed by atoms with Crippen molar-refractivity contribution in [2.75, 3.05) is 7.11 Å². The van der Waals surface area contributed by atoms with Crippen LogP contribution in [0.2, 0.25) is 0 Å². The molecule has 6 rings (SSSR count). The molecule has 1 aromatic carbocycles. The van der Waals surface area contributed by atoms with Gasteiger partial charge in [-0.15, -0.1) is 0 Å². The Kier molecular flexibility index (Phi) is 5.09. The molecule has 3 heteroatoms. The normalized spacial score (nSPS) is 43.1. The summed E-state index contributed by atoms with van der Waals surface area (Å²) in [6, 6.07) is 8.64. The Morgan fingerprint density at radius 2 is 1.79 bits per heavy atom. The molecule has 1 N–H and O–H groups in total. The van der Waals surface area contributed by atoms with E-state index >= 15 is 0 Å². The minimum Gasteiger partial charge on any atom is -0.497 e. The topological polar surface area (TPSA) is 46.5 Å². The maximum Gasteiger partial charge on any atom is 0.155 e. The molecule has 2 unspecified atom stereocenters. The molecule has 4 saturated carbocycles. The van der Waals surface area contributed by atoms with Gasteiger partial charge in [0.1, 0.15) is 11.4 Å². The standard InChI is InChI=1S/C31H38O3/c1-29-15-13-23(32)18-22(29)8-11-25-27-14-17-31(33,16-12-20-4-5-20)30(27,2)19-26(28(25)29)21-6-9-24(34-3)10-7-21/h6-7,9-10,18,20,25-28,33H,4-5,8,11,13-15,17,19H2,1-3H3/t25-,26+,27-,28?,29-,30?,31-/m0/s1. The molecule has 0 aliphatic heterocycles. The highest BCUT2D eigenvalue weighted by Crippen LogP contribution is 2.70. The van der Waals surface area contributed by atoms with Crippen LogP contribution in [0, 0.1) is 46.3 Å². The van der Waals surface area contributed by atoms with Gasteiger partial charge in [0.2, 0.25) is 0 Å². The lowest BCUT2D eigenvalue weighted by Gasteiger charge is -2.61. The third-order valence-corrected chi connectivity index (χ3v) is 10.7. The summed E-state index contributed by atoms with van der Waals surface area (Å²) in [5.74, 6) is 10.4. The van der Waals surface area contributed by atoms with E-state index in [2.05, 4.69) is 50.0 Å². The monoisotopic (exact) mass is 458 g/mol. The van der Waals surface area contributed by atoms with Crippen LogP contribution < -0.4 is 4.74 Å². The van der Waals surface area contributed by atoms with Gasteiger partial charge in [-0.3, -0.25) is 4.79 Å². The van der Waals surface area contributed by atoms with Crippen molar-refractivity contribution in [3.63, 3.8) is 0 Å². The Morgan fingerprint density at radius 3 is 2.50 bits per heavy atom. The van der Waals surface area contributed by atoms with Gasteiger partial charge in [0.05, 0.1) is 7.11 Å². The average molecular weight is 459 g/mol. The third kappa shape index (κ3) is 3.25. The predicted molar refractivity (Wildman–Crippen MR) is 133 cm³/mol. The van der Waals surface area contributed by atoms with Gasteiger partial charge in [-0.05, 0) is 104 Å². The summed E-state index contributed by atoms with van der Waals surface area (Å²) >= 11 is 0. The summed E-state index contributed by atoms with van der Waals surface area (Å²) in [6.45, 7) is 4.78. The fraction of sp³-hybridized carbons (Fsp3) is 0.645. The van der Waals surface area contributed by atoms with Crippen molar-refractivity contribution < 1.29 is 14.6 Å². The molecule has 0 heterocycles. The summed E-state index contributed by atoms with van der Waals surface area (Å²) in [4.78, 5) is 12.4. The van der Waals surface area contributed by atoms with E-state index in [1.165, 1.54) is 24.0 Å². The molecule has 7 atom stereocenters. The molecule has 4 fully saturated rings. The first-order chi connectivity index (χ1) is 16.3. The molecule has 0 radical (unpaired) electrons. The van der Waals surface area contributed by atoms with Gasteiger partial charge in [-0.25, -0.2) is 0 Å². The highest BCUT2D eigenvalue weighted by molar-refractivity contribution is 5.91. The maximum absolute atomic E-state index is 12.4. The van der Waals surface area contributed by atoms with Gasteiger partial charge >= 0.3 is 0 Å². The predicted octanol–water partition coefficient (Wildman–Crippen LogP) is 6.07. The van der Waals surface area contributed by atoms with Gasteiger partial charge in [0, 0.05) is 17.8 Å². The summed E-state index contributed by atoms with van der Waals surface area (Å²) in [6.07, 6.45) is 11.0. The molecule has 0 bridgehead atoms. The molecule has 3 nitrogen and oxygen atoms in total. The summed E-state index contributed by atoms with van der Waals surface area (Å²) < 4.78 is 5.46. The molecule has 0 saturated heterocycles. The van der Waals surface area contributed by atoms with E-state index in [0.717, 1.165) is 44.3 Å². The number of carbonyl (C=O) groups is 1. The average Bonchev–Trinajstić information content (AvgIpc) is 3.62. The van der Waals surface area contributed by atoms with Crippen molar-refractivity contribution in [2.45, 2.75) is 83.2 Å². The van der Waals surface area contributed by atoms with Gasteiger partial charge in [-0.2, -0.15) is 0 Å². The van der Waals surface area contributed by atoms with Gasteiger partial charge in [0.25, 0.3) is 0 Å². The summed E-state index contributed by atoms with van der Waals surface area (Å²) in [5, 5.41) is 12.0. The number of aliphatic hydroxyl groups is 1. The lowest BCUT2D eigenvalue weighted by atomic mass is 9.43. The van der Waals surface area contributed by atoms with Gasteiger partial charge in [-0.1, -0.05) is 43.4 Å². The quantitative estimate of drug-likeness (QED) is 0.548. The van der Waals surface area contributed by atoms with Crippen LogP contribution >= 0.6 is 0 Å². The van der Waals surface area contributed by atoms with Crippen LogP contribution in [0.5, 0.6) is 5.75 Å². The number of hydrogen-bond acceptors (Lipinski definition) is 3. The number of benzene rings is 1. The van der Waals surface area contributed by atoms with E-state index in [4.69, 9.17) is 4.74 Å². The van der Waals surface area contributed by atoms with Crippen molar-refractivity contribution in [1.29, 1.82) is 0 Å². The van der Waals surface area contributed by atoms with Crippen LogP contribution in [-0.4, -0.2) is 23.6 Å². The zero-order valence-corrected chi connectivity index (χ0v) is 20.9. The van der Waals surface area contributed by atoms with E-state index in [1.54, 1.807) is 7.11 Å². The Bertz CT molecular complexity index is 1090. The second-order valence-corrected chi connectivity index (χ2v) is 12.3. The van der Waals surface area contributed by atoms with E-state index in [1.807, 2.05) is 6.08 Å². The smallest absolute Gasteiger partial charge is 0.155 e. The number of methoxy groups -OCH3 is 1. The lowest BCUT2D eigenvalue weighted by Crippen LogP contribution is -2.57. The number of hydrogen-bond donors (Lipinski definition) is 1. The van der Waals surface area contributed by atoms with E-state index in [9.17, 15) is 9.90 Å². The van der Waals surface area contributed by atoms with Gasteiger partial charge in [0.15, 0.2) is 5.78 Å². The van der Waals surface area contributed by atoms with Crippen LogP contribution in [0.15, 0.2) is 35.9 Å². The highest BCUT2D eigenvalue weighted by atomic mass is 16.5. The van der Waals surface area contributed by atoms with Crippen LogP contribution in [0.3, 0.4) is 0 Å². The molecular weight excluding hydrogens is 420 g/mol. The number of ether oxygens (including phenoxy) is 1. The fourth-order valence-electron chi connectivity index (χ4n) is 8.58. The lowest BCUT2D eigenvalue weighted by molar-refractivity contribution is -0.122. The Morgan fingerprint density at radius 1 is 1.03 bits per heavy atom. The zero-order chi connectivity index (χ0) is 23.7. The van der Waals surface area contributed by atoms with Crippen molar-refractivity contribution in [1.82, 2.24) is 0 Å². The number of rotatable bonds is 2. The first-order valence-electron chi connectivity index (χ1n) is 13.4. The minimum atomic E-state index is -0.893. The first-order valence-corrected chi connectivity index (χ1v) is 13.4. The SMILES string of the molecule is COc1ccc([C@H]2CC3(C)[C@@H](CC[C@@]3(O)C#CC3CC3)[C@@H]3CCC4=CC(=O)CC[C@]4(C)C23)cc1.